The first kappa shape index (κ1) is 21.4. The molecule has 27 heavy (non-hydrogen) atoms. The van der Waals surface area contributed by atoms with Crippen LogP contribution < -0.4 is 11.1 Å². The van der Waals surface area contributed by atoms with Crippen LogP contribution in [0.5, 0.6) is 0 Å². The van der Waals surface area contributed by atoms with Gasteiger partial charge in [0.15, 0.2) is 0 Å². The van der Waals surface area contributed by atoms with Crippen LogP contribution in [0.25, 0.3) is 0 Å². The maximum atomic E-state index is 14.7. The van der Waals surface area contributed by atoms with Gasteiger partial charge in [-0.2, -0.15) is 0 Å². The van der Waals surface area contributed by atoms with E-state index in [1.54, 1.807) is 26.8 Å². The minimum Gasteiger partial charge on any atom is -0.444 e. The predicted molar refractivity (Wildman–Crippen MR) is 97.5 cm³/mol. The Morgan fingerprint density at radius 2 is 2.11 bits per heavy atom. The topological polar surface area (TPSA) is 84.7 Å². The van der Waals surface area contributed by atoms with Crippen molar-refractivity contribution >= 4 is 23.6 Å². The van der Waals surface area contributed by atoms with E-state index in [-0.39, 0.29) is 36.6 Å². The summed E-state index contributed by atoms with van der Waals surface area (Å²) in [5, 5.41) is 2.46. The van der Waals surface area contributed by atoms with Crippen molar-refractivity contribution in [3.63, 3.8) is 0 Å². The van der Waals surface area contributed by atoms with Crippen LogP contribution in [-0.4, -0.2) is 47.3 Å². The lowest BCUT2D eigenvalue weighted by Crippen LogP contribution is -2.47. The monoisotopic (exact) mass is 403 g/mol. The molecule has 1 saturated heterocycles. The quantitative estimate of drug-likeness (QED) is 0.809. The third-order valence-corrected chi connectivity index (χ3v) is 4.46. The third kappa shape index (κ3) is 5.29. The highest BCUT2D eigenvalue weighted by Gasteiger charge is 2.49. The summed E-state index contributed by atoms with van der Waals surface area (Å²) < 4.78 is 34.0. The molecule has 2 atom stereocenters. The number of carbonyl (C=O) groups excluding carboxylic acids is 2. The highest BCUT2D eigenvalue weighted by molar-refractivity contribution is 6.30. The number of rotatable bonds is 4. The van der Waals surface area contributed by atoms with Gasteiger partial charge >= 0.3 is 6.09 Å². The van der Waals surface area contributed by atoms with Crippen LogP contribution in [0.1, 0.15) is 32.8 Å². The van der Waals surface area contributed by atoms with E-state index in [1.807, 2.05) is 0 Å². The number of hydrogen-bond donors (Lipinski definition) is 2. The number of alkyl halides is 1. The highest BCUT2D eigenvalue weighted by atomic mass is 35.5. The second-order valence-corrected chi connectivity index (χ2v) is 8.02. The molecule has 1 heterocycles. The number of nitrogens with one attached hydrogen (secondary N) is 1. The van der Waals surface area contributed by atoms with Gasteiger partial charge in [0.2, 0.25) is 5.91 Å². The van der Waals surface area contributed by atoms with Gasteiger partial charge in [-0.05, 0) is 26.8 Å². The standard InChI is InChI=1S/C18H24ClF2N3O3/c1-17(2,3)27-16(26)24-10-18(21,9-22)7-13(24)15(25)23-8-11-5-4-6-12(19)14(11)20/h4-6,13H,7-10,22H2,1-3H3,(H,23,25). The van der Waals surface area contributed by atoms with Crippen molar-refractivity contribution in [1.82, 2.24) is 10.2 Å². The Morgan fingerprint density at radius 1 is 1.44 bits per heavy atom. The van der Waals surface area contributed by atoms with Crippen LogP contribution in [0.2, 0.25) is 5.02 Å². The molecule has 0 spiro atoms. The fraction of sp³-hybridized carbons (Fsp3) is 0.556. The average molecular weight is 404 g/mol. The predicted octanol–water partition coefficient (Wildman–Crippen LogP) is 2.77. The largest absolute Gasteiger partial charge is 0.444 e. The molecule has 0 radical (unpaired) electrons. The van der Waals surface area contributed by atoms with Gasteiger partial charge in [-0.3, -0.25) is 9.69 Å². The highest BCUT2D eigenvalue weighted by Crippen LogP contribution is 2.31. The van der Waals surface area contributed by atoms with Crippen molar-refractivity contribution < 1.29 is 23.1 Å². The zero-order valence-corrected chi connectivity index (χ0v) is 16.3. The molecule has 2 amide bonds. The number of nitrogens with zero attached hydrogens (tertiary/aromatic N) is 1. The van der Waals surface area contributed by atoms with E-state index in [4.69, 9.17) is 22.1 Å². The molecular formula is C18H24ClF2N3O3. The molecule has 3 N–H and O–H groups in total. The van der Waals surface area contributed by atoms with E-state index in [9.17, 15) is 18.4 Å². The van der Waals surface area contributed by atoms with Gasteiger partial charge < -0.3 is 15.8 Å². The van der Waals surface area contributed by atoms with Crippen LogP contribution in [0.3, 0.4) is 0 Å². The number of ether oxygens (including phenoxy) is 1. The van der Waals surface area contributed by atoms with E-state index in [1.165, 1.54) is 12.1 Å². The number of benzene rings is 1. The van der Waals surface area contributed by atoms with Gasteiger partial charge in [-0.1, -0.05) is 23.7 Å². The lowest BCUT2D eigenvalue weighted by atomic mass is 10.0. The lowest BCUT2D eigenvalue weighted by molar-refractivity contribution is -0.125. The maximum Gasteiger partial charge on any atom is 0.411 e. The Balaban J connectivity index is 2.13. The third-order valence-electron chi connectivity index (χ3n) is 4.17. The van der Waals surface area contributed by atoms with Crippen molar-refractivity contribution in [2.75, 3.05) is 13.1 Å². The van der Waals surface area contributed by atoms with E-state index in [2.05, 4.69) is 5.32 Å². The number of likely N-dealkylation sites (tertiary alicyclic amines) is 1. The summed E-state index contributed by atoms with van der Waals surface area (Å²) in [6, 6.07) is 3.32. The molecule has 0 bridgehead atoms. The molecule has 1 aliphatic heterocycles. The van der Waals surface area contributed by atoms with Crippen molar-refractivity contribution in [2.24, 2.45) is 5.73 Å². The van der Waals surface area contributed by atoms with Crippen molar-refractivity contribution in [3.8, 4) is 0 Å². The van der Waals surface area contributed by atoms with E-state index < -0.39 is 35.1 Å². The van der Waals surface area contributed by atoms with Crippen molar-refractivity contribution in [1.29, 1.82) is 0 Å². The van der Waals surface area contributed by atoms with Crippen molar-refractivity contribution in [3.05, 3.63) is 34.6 Å². The van der Waals surface area contributed by atoms with E-state index in [0.29, 0.717) is 0 Å². The van der Waals surface area contributed by atoms with Gasteiger partial charge in [-0.25, -0.2) is 13.6 Å². The van der Waals surface area contributed by atoms with Gasteiger partial charge in [0, 0.05) is 25.1 Å². The van der Waals surface area contributed by atoms with Crippen molar-refractivity contribution in [2.45, 2.75) is 51.0 Å². The summed E-state index contributed by atoms with van der Waals surface area (Å²) in [6.45, 7) is 4.18. The van der Waals surface area contributed by atoms with Crippen LogP contribution in [0.4, 0.5) is 13.6 Å². The van der Waals surface area contributed by atoms with Crippen LogP contribution >= 0.6 is 11.6 Å². The molecule has 0 aliphatic carbocycles. The van der Waals surface area contributed by atoms with Gasteiger partial charge in [0.1, 0.15) is 23.1 Å². The number of hydrogen-bond acceptors (Lipinski definition) is 4. The first-order valence-corrected chi connectivity index (χ1v) is 8.93. The Labute approximate surface area is 162 Å². The molecule has 1 aromatic carbocycles. The number of nitrogens with two attached hydrogens (primary N) is 1. The molecule has 2 rings (SSSR count). The Hall–Kier alpha value is -1.93. The molecule has 150 valence electrons. The van der Waals surface area contributed by atoms with Crippen LogP contribution in [0, 0.1) is 5.82 Å². The Morgan fingerprint density at radius 3 is 2.70 bits per heavy atom. The molecule has 1 aromatic rings. The zero-order chi connectivity index (χ0) is 20.4. The summed E-state index contributed by atoms with van der Waals surface area (Å²) in [4.78, 5) is 26.0. The molecule has 1 aliphatic rings. The molecule has 6 nitrogen and oxygen atoms in total. The lowest BCUT2D eigenvalue weighted by Gasteiger charge is -2.28. The first-order valence-electron chi connectivity index (χ1n) is 8.55. The minimum absolute atomic E-state index is 0.0658. The smallest absolute Gasteiger partial charge is 0.411 e. The number of halogens is 3. The van der Waals surface area contributed by atoms with Gasteiger partial charge in [0.25, 0.3) is 0 Å². The second-order valence-electron chi connectivity index (χ2n) is 7.61. The summed E-state index contributed by atoms with van der Waals surface area (Å²) >= 11 is 5.72. The first-order chi connectivity index (χ1) is 12.5. The molecule has 0 saturated carbocycles. The second kappa shape index (κ2) is 7.98. The number of carbonyl (C=O) groups is 2. The molecule has 9 heteroatoms. The maximum absolute atomic E-state index is 14.7. The zero-order valence-electron chi connectivity index (χ0n) is 15.5. The summed E-state index contributed by atoms with van der Waals surface area (Å²) in [7, 11) is 0. The van der Waals surface area contributed by atoms with Gasteiger partial charge in [0.05, 0.1) is 11.6 Å². The Kier molecular flexibility index (Phi) is 6.32. The average Bonchev–Trinajstić information content (AvgIpc) is 2.93. The fourth-order valence-corrected chi connectivity index (χ4v) is 3.01. The summed E-state index contributed by atoms with van der Waals surface area (Å²) in [5.74, 6) is -1.26. The Bertz CT molecular complexity index is 726. The van der Waals surface area contributed by atoms with Gasteiger partial charge in [-0.15, -0.1) is 0 Å². The van der Waals surface area contributed by atoms with Crippen LogP contribution in [0.15, 0.2) is 18.2 Å². The van der Waals surface area contributed by atoms with E-state index in [0.717, 1.165) is 4.90 Å². The van der Waals surface area contributed by atoms with Crippen LogP contribution in [-0.2, 0) is 16.1 Å². The minimum atomic E-state index is -1.89. The van der Waals surface area contributed by atoms with E-state index >= 15 is 0 Å². The number of amides is 2. The summed E-state index contributed by atoms with van der Waals surface area (Å²) in [5.41, 5.74) is 2.97. The molecule has 2 unspecified atom stereocenters. The summed E-state index contributed by atoms with van der Waals surface area (Å²) in [6.07, 6.45) is -1.06. The fourth-order valence-electron chi connectivity index (χ4n) is 2.82. The molecular weight excluding hydrogens is 380 g/mol. The molecule has 0 aromatic heterocycles. The molecule has 1 fully saturated rings. The SMILES string of the molecule is CC(C)(C)OC(=O)N1CC(F)(CN)CC1C(=O)NCc1cccc(Cl)c1F. The normalized spacial score (nSPS) is 22.6.